The highest BCUT2D eigenvalue weighted by Crippen LogP contribution is 1.84. The maximum Gasteiger partial charge on any atom is 0.121 e. The van der Waals surface area contributed by atoms with Gasteiger partial charge in [-0.15, -0.1) is 0 Å². The van der Waals surface area contributed by atoms with Crippen molar-refractivity contribution in [3.05, 3.63) is 0 Å². The Hall–Kier alpha value is -1.46. The SMILES string of the molecule is C/C(=N/N(C)C)N(C)C.C/C(=N/N(C)C)N(C)C. The van der Waals surface area contributed by atoms with Crippen LogP contribution in [0.2, 0.25) is 0 Å². The third-order valence-corrected chi connectivity index (χ3v) is 1.98. The predicted molar refractivity (Wildman–Crippen MR) is 81.0 cm³/mol. The molecule has 0 bridgehead atoms. The van der Waals surface area contributed by atoms with Crippen molar-refractivity contribution in [2.75, 3.05) is 56.4 Å². The van der Waals surface area contributed by atoms with E-state index in [4.69, 9.17) is 0 Å². The van der Waals surface area contributed by atoms with E-state index in [9.17, 15) is 0 Å². The first-order valence-corrected chi connectivity index (χ1v) is 5.87. The average Bonchev–Trinajstić information content (AvgIpc) is 2.16. The molecule has 0 spiro atoms. The van der Waals surface area contributed by atoms with Crippen molar-refractivity contribution in [1.29, 1.82) is 0 Å². The van der Waals surface area contributed by atoms with Crippen LogP contribution in [0.15, 0.2) is 10.2 Å². The second-order valence-corrected chi connectivity index (χ2v) is 4.78. The van der Waals surface area contributed by atoms with Gasteiger partial charge in [-0.25, -0.2) is 0 Å². The van der Waals surface area contributed by atoms with E-state index in [0.717, 1.165) is 11.7 Å². The maximum absolute atomic E-state index is 4.15. The standard InChI is InChI=1S/2C6H15N3/c2*1-6(8(2)3)7-9(4)5/h2*1-5H3/b2*7-6-. The summed E-state index contributed by atoms with van der Waals surface area (Å²) in [6.45, 7) is 3.94. The fourth-order valence-corrected chi connectivity index (χ4v) is 0.758. The molecule has 0 rings (SSSR count). The Balaban J connectivity index is 0. The van der Waals surface area contributed by atoms with Gasteiger partial charge in [-0.2, -0.15) is 10.2 Å². The number of hydrogen-bond acceptors (Lipinski definition) is 4. The van der Waals surface area contributed by atoms with Gasteiger partial charge in [-0.1, -0.05) is 0 Å². The molecule has 0 aliphatic carbocycles. The first-order chi connectivity index (χ1) is 8.07. The van der Waals surface area contributed by atoms with E-state index >= 15 is 0 Å². The largest absolute Gasteiger partial charge is 0.365 e. The topological polar surface area (TPSA) is 37.7 Å². The van der Waals surface area contributed by atoms with Gasteiger partial charge in [0.2, 0.25) is 0 Å². The van der Waals surface area contributed by atoms with Crippen molar-refractivity contribution < 1.29 is 0 Å². The lowest BCUT2D eigenvalue weighted by Crippen LogP contribution is -2.21. The molecule has 6 heteroatoms. The summed E-state index contributed by atoms with van der Waals surface area (Å²) < 4.78 is 0. The first kappa shape index (κ1) is 18.9. The van der Waals surface area contributed by atoms with Crippen molar-refractivity contribution in [3.8, 4) is 0 Å². The zero-order valence-electron chi connectivity index (χ0n) is 13.7. The van der Waals surface area contributed by atoms with Gasteiger partial charge in [-0.05, 0) is 13.8 Å². The van der Waals surface area contributed by atoms with Crippen LogP contribution in [0, 0.1) is 0 Å². The fraction of sp³-hybridized carbons (Fsp3) is 0.833. The number of amidine groups is 2. The average molecular weight is 258 g/mol. The lowest BCUT2D eigenvalue weighted by Gasteiger charge is -2.13. The van der Waals surface area contributed by atoms with E-state index < -0.39 is 0 Å². The summed E-state index contributed by atoms with van der Waals surface area (Å²) >= 11 is 0. The van der Waals surface area contributed by atoms with Crippen molar-refractivity contribution in [3.63, 3.8) is 0 Å². The molecule has 0 aromatic rings. The van der Waals surface area contributed by atoms with Crippen LogP contribution in [0.3, 0.4) is 0 Å². The van der Waals surface area contributed by atoms with E-state index in [2.05, 4.69) is 10.2 Å². The molecule has 0 fully saturated rings. The molecule has 0 saturated heterocycles. The molecule has 0 aromatic heterocycles. The van der Waals surface area contributed by atoms with Gasteiger partial charge in [0, 0.05) is 56.4 Å². The van der Waals surface area contributed by atoms with Crippen molar-refractivity contribution in [1.82, 2.24) is 19.8 Å². The first-order valence-electron chi connectivity index (χ1n) is 5.87. The maximum atomic E-state index is 4.15. The quantitative estimate of drug-likeness (QED) is 0.419. The van der Waals surface area contributed by atoms with Crippen molar-refractivity contribution >= 4 is 11.7 Å². The predicted octanol–water partition coefficient (Wildman–Crippen LogP) is 0.886. The molecule has 0 unspecified atom stereocenters. The van der Waals surface area contributed by atoms with Crippen LogP contribution in [-0.2, 0) is 0 Å². The summed E-state index contributed by atoms with van der Waals surface area (Å²) in [4.78, 5) is 3.94. The van der Waals surface area contributed by atoms with Crippen LogP contribution in [0.5, 0.6) is 0 Å². The molecule has 0 atom stereocenters. The molecular formula is C12H30N6. The molecule has 18 heavy (non-hydrogen) atoms. The lowest BCUT2D eigenvalue weighted by molar-refractivity contribution is 0.423. The van der Waals surface area contributed by atoms with Crippen LogP contribution in [0.1, 0.15) is 13.8 Å². The molecule has 108 valence electrons. The molecule has 0 amide bonds. The van der Waals surface area contributed by atoms with Gasteiger partial charge < -0.3 is 19.8 Å². The monoisotopic (exact) mass is 258 g/mol. The highest BCUT2D eigenvalue weighted by atomic mass is 15.4. The minimum absolute atomic E-state index is 1.01. The molecule has 0 heterocycles. The van der Waals surface area contributed by atoms with Gasteiger partial charge in [0.05, 0.1) is 0 Å². The van der Waals surface area contributed by atoms with Crippen LogP contribution >= 0.6 is 0 Å². The highest BCUT2D eigenvalue weighted by molar-refractivity contribution is 5.79. The number of nitrogens with zero attached hydrogens (tertiary/aromatic N) is 6. The Morgan fingerprint density at radius 3 is 0.833 bits per heavy atom. The minimum atomic E-state index is 1.01. The van der Waals surface area contributed by atoms with Gasteiger partial charge in [0.15, 0.2) is 0 Å². The number of rotatable bonds is 2. The van der Waals surface area contributed by atoms with Crippen LogP contribution in [0.25, 0.3) is 0 Å². The Morgan fingerprint density at radius 1 is 0.556 bits per heavy atom. The van der Waals surface area contributed by atoms with Crippen molar-refractivity contribution in [2.45, 2.75) is 13.8 Å². The lowest BCUT2D eigenvalue weighted by atomic mass is 10.6. The van der Waals surface area contributed by atoms with Gasteiger partial charge in [0.1, 0.15) is 11.7 Å². The Labute approximate surface area is 113 Å². The molecule has 0 saturated carbocycles. The second kappa shape index (κ2) is 9.56. The summed E-state index contributed by atoms with van der Waals surface area (Å²) in [5.74, 6) is 2.03. The highest BCUT2D eigenvalue weighted by Gasteiger charge is 1.91. The summed E-state index contributed by atoms with van der Waals surface area (Å²) in [5, 5.41) is 11.9. The van der Waals surface area contributed by atoms with Gasteiger partial charge in [0.25, 0.3) is 0 Å². The van der Waals surface area contributed by atoms with Crippen LogP contribution < -0.4 is 0 Å². The molecule has 0 N–H and O–H groups in total. The smallest absolute Gasteiger partial charge is 0.121 e. The molecule has 0 aliphatic rings. The third kappa shape index (κ3) is 12.6. The molecule has 0 aliphatic heterocycles. The van der Waals surface area contributed by atoms with Crippen LogP contribution in [-0.4, -0.2) is 87.9 Å². The second-order valence-electron chi connectivity index (χ2n) is 4.78. The number of hydrazone groups is 2. The Kier molecular flexibility index (Phi) is 10.0. The summed E-state index contributed by atoms with van der Waals surface area (Å²) in [6, 6.07) is 0. The zero-order valence-corrected chi connectivity index (χ0v) is 13.7. The third-order valence-electron chi connectivity index (χ3n) is 1.98. The molecular weight excluding hydrogens is 228 g/mol. The summed E-state index contributed by atoms with van der Waals surface area (Å²) in [7, 11) is 15.5. The van der Waals surface area contributed by atoms with E-state index in [1.54, 1.807) is 10.0 Å². The van der Waals surface area contributed by atoms with E-state index in [1.807, 2.05) is 80.0 Å². The normalized spacial score (nSPS) is 11.4. The van der Waals surface area contributed by atoms with E-state index in [1.165, 1.54) is 0 Å². The van der Waals surface area contributed by atoms with Gasteiger partial charge in [-0.3, -0.25) is 0 Å². The molecule has 6 nitrogen and oxygen atoms in total. The van der Waals surface area contributed by atoms with E-state index in [-0.39, 0.29) is 0 Å². The van der Waals surface area contributed by atoms with Crippen LogP contribution in [0.4, 0.5) is 0 Å². The Bertz CT molecular complexity index is 238. The molecule has 0 radical (unpaired) electrons. The van der Waals surface area contributed by atoms with E-state index in [0.29, 0.717) is 0 Å². The summed E-state index contributed by atoms with van der Waals surface area (Å²) in [6.07, 6.45) is 0. The Morgan fingerprint density at radius 2 is 0.778 bits per heavy atom. The van der Waals surface area contributed by atoms with Crippen molar-refractivity contribution in [2.24, 2.45) is 10.2 Å². The van der Waals surface area contributed by atoms with Gasteiger partial charge >= 0.3 is 0 Å². The zero-order chi connectivity index (χ0) is 14.9. The summed E-state index contributed by atoms with van der Waals surface area (Å²) in [5.41, 5.74) is 0. The fourth-order valence-electron chi connectivity index (χ4n) is 0.758. The minimum Gasteiger partial charge on any atom is -0.365 e. The number of hydrogen-bond donors (Lipinski definition) is 0. The molecule has 0 aromatic carbocycles.